The van der Waals surface area contributed by atoms with Crippen molar-refractivity contribution in [2.45, 2.75) is 13.3 Å². The standard InChI is InChI=1S/C8H12ClN3O2S/c1-3-4-15(13,14)12(2)8-5-7(9)10-6-11-8/h5-6H,3-4H2,1-2H3. The number of nitrogens with zero attached hydrogens (tertiary/aromatic N) is 3. The molecule has 0 aliphatic heterocycles. The fourth-order valence-electron chi connectivity index (χ4n) is 1.03. The van der Waals surface area contributed by atoms with Gasteiger partial charge in [0.15, 0.2) is 0 Å². The molecule has 84 valence electrons. The SMILES string of the molecule is CCCS(=O)(=O)N(C)c1cc(Cl)ncn1. The maximum Gasteiger partial charge on any atom is 0.236 e. The zero-order chi connectivity index (χ0) is 11.5. The number of sulfonamides is 1. The molecule has 0 saturated heterocycles. The molecule has 1 rings (SSSR count). The molecule has 0 aliphatic carbocycles. The highest BCUT2D eigenvalue weighted by molar-refractivity contribution is 7.92. The van der Waals surface area contributed by atoms with E-state index in [-0.39, 0.29) is 16.7 Å². The molecule has 1 aromatic rings. The Morgan fingerprint density at radius 2 is 2.13 bits per heavy atom. The quantitative estimate of drug-likeness (QED) is 0.755. The van der Waals surface area contributed by atoms with Gasteiger partial charge in [-0.25, -0.2) is 18.4 Å². The second-order valence-electron chi connectivity index (χ2n) is 2.98. The van der Waals surface area contributed by atoms with Crippen LogP contribution < -0.4 is 4.31 Å². The minimum atomic E-state index is -3.30. The fourth-order valence-corrected chi connectivity index (χ4v) is 2.35. The fraction of sp³-hybridized carbons (Fsp3) is 0.500. The summed E-state index contributed by atoms with van der Waals surface area (Å²) in [6.45, 7) is 1.80. The lowest BCUT2D eigenvalue weighted by Gasteiger charge is -2.17. The molecule has 0 unspecified atom stereocenters. The maximum absolute atomic E-state index is 11.7. The summed E-state index contributed by atoms with van der Waals surface area (Å²) >= 11 is 5.64. The molecule has 0 bridgehead atoms. The Balaban J connectivity index is 2.99. The van der Waals surface area contributed by atoms with E-state index in [1.807, 2.05) is 0 Å². The maximum atomic E-state index is 11.7. The van der Waals surface area contributed by atoms with Gasteiger partial charge >= 0.3 is 0 Å². The first-order chi connectivity index (χ1) is 6.97. The average Bonchev–Trinajstić information content (AvgIpc) is 2.16. The highest BCUT2D eigenvalue weighted by Gasteiger charge is 2.18. The molecule has 0 N–H and O–H groups in total. The minimum absolute atomic E-state index is 0.0884. The van der Waals surface area contributed by atoms with E-state index in [1.54, 1.807) is 6.92 Å². The molecule has 15 heavy (non-hydrogen) atoms. The van der Waals surface area contributed by atoms with Crippen LogP contribution in [0.3, 0.4) is 0 Å². The van der Waals surface area contributed by atoms with Crippen LogP contribution in [0.2, 0.25) is 5.15 Å². The van der Waals surface area contributed by atoms with Crippen molar-refractivity contribution in [2.75, 3.05) is 17.1 Å². The average molecular weight is 250 g/mol. The minimum Gasteiger partial charge on any atom is -0.257 e. The second kappa shape index (κ2) is 4.76. The summed E-state index contributed by atoms with van der Waals surface area (Å²) in [6, 6.07) is 1.41. The van der Waals surface area contributed by atoms with Gasteiger partial charge in [-0.05, 0) is 6.42 Å². The Labute approximate surface area is 94.2 Å². The molecule has 0 fully saturated rings. The number of rotatable bonds is 4. The molecule has 5 nitrogen and oxygen atoms in total. The molecule has 0 spiro atoms. The molecule has 0 amide bonds. The van der Waals surface area contributed by atoms with Crippen LogP contribution in [0.5, 0.6) is 0 Å². The van der Waals surface area contributed by atoms with Crippen LogP contribution in [0.15, 0.2) is 12.4 Å². The van der Waals surface area contributed by atoms with Crippen LogP contribution in [0.1, 0.15) is 13.3 Å². The normalized spacial score (nSPS) is 11.4. The van der Waals surface area contributed by atoms with Gasteiger partial charge in [0.2, 0.25) is 10.0 Å². The number of hydrogen-bond donors (Lipinski definition) is 0. The summed E-state index contributed by atoms with van der Waals surface area (Å²) in [5.41, 5.74) is 0. The largest absolute Gasteiger partial charge is 0.257 e. The first-order valence-corrected chi connectivity index (χ1v) is 6.40. The zero-order valence-electron chi connectivity index (χ0n) is 8.51. The van der Waals surface area contributed by atoms with Gasteiger partial charge in [0.05, 0.1) is 5.75 Å². The lowest BCUT2D eigenvalue weighted by molar-refractivity contribution is 0.592. The topological polar surface area (TPSA) is 63.2 Å². The summed E-state index contributed by atoms with van der Waals surface area (Å²) in [7, 11) is -1.85. The van der Waals surface area contributed by atoms with Crippen molar-refractivity contribution in [1.29, 1.82) is 0 Å². The summed E-state index contributed by atoms with van der Waals surface area (Å²) < 4.78 is 24.4. The molecular formula is C8H12ClN3O2S. The van der Waals surface area contributed by atoms with Gasteiger partial charge in [-0.2, -0.15) is 0 Å². The third-order valence-corrected chi connectivity index (χ3v) is 3.97. The summed E-state index contributed by atoms with van der Waals surface area (Å²) in [4.78, 5) is 7.52. The number of halogens is 1. The predicted molar refractivity (Wildman–Crippen MR) is 59.5 cm³/mol. The highest BCUT2D eigenvalue weighted by atomic mass is 35.5. The lowest BCUT2D eigenvalue weighted by atomic mass is 10.6. The third kappa shape index (κ3) is 3.04. The van der Waals surface area contributed by atoms with Crippen molar-refractivity contribution in [3.63, 3.8) is 0 Å². The van der Waals surface area contributed by atoms with Crippen molar-refractivity contribution >= 4 is 27.4 Å². The van der Waals surface area contributed by atoms with Crippen LogP contribution in [0, 0.1) is 0 Å². The van der Waals surface area contributed by atoms with Crippen molar-refractivity contribution in [3.8, 4) is 0 Å². The van der Waals surface area contributed by atoms with E-state index < -0.39 is 10.0 Å². The molecule has 0 aliphatic rings. The first-order valence-electron chi connectivity index (χ1n) is 4.41. The van der Waals surface area contributed by atoms with Gasteiger partial charge < -0.3 is 0 Å². The van der Waals surface area contributed by atoms with E-state index in [4.69, 9.17) is 11.6 Å². The van der Waals surface area contributed by atoms with E-state index in [9.17, 15) is 8.42 Å². The lowest BCUT2D eigenvalue weighted by Crippen LogP contribution is -2.29. The number of aromatic nitrogens is 2. The van der Waals surface area contributed by atoms with E-state index in [0.29, 0.717) is 6.42 Å². The molecule has 7 heteroatoms. The van der Waals surface area contributed by atoms with E-state index in [2.05, 4.69) is 9.97 Å². The Morgan fingerprint density at radius 1 is 1.47 bits per heavy atom. The molecule has 0 saturated carbocycles. The molecular weight excluding hydrogens is 238 g/mol. The van der Waals surface area contributed by atoms with Gasteiger partial charge in [-0.1, -0.05) is 18.5 Å². The van der Waals surface area contributed by atoms with Crippen LogP contribution in [-0.4, -0.2) is 31.2 Å². The summed E-state index contributed by atoms with van der Waals surface area (Å²) in [6.07, 6.45) is 1.79. The van der Waals surface area contributed by atoms with Gasteiger partial charge in [-0.15, -0.1) is 0 Å². The smallest absolute Gasteiger partial charge is 0.236 e. The van der Waals surface area contributed by atoms with Crippen LogP contribution in [-0.2, 0) is 10.0 Å². The van der Waals surface area contributed by atoms with E-state index >= 15 is 0 Å². The van der Waals surface area contributed by atoms with Crippen LogP contribution in [0.25, 0.3) is 0 Å². The summed E-state index contributed by atoms with van der Waals surface area (Å²) in [5.74, 6) is 0.369. The molecule has 0 radical (unpaired) electrons. The third-order valence-electron chi connectivity index (χ3n) is 1.82. The van der Waals surface area contributed by atoms with Crippen molar-refractivity contribution in [2.24, 2.45) is 0 Å². The van der Waals surface area contributed by atoms with Gasteiger partial charge in [0, 0.05) is 13.1 Å². The summed E-state index contributed by atoms with van der Waals surface area (Å²) in [5, 5.41) is 0.221. The Bertz CT molecular complexity index is 435. The Kier molecular flexibility index (Phi) is 3.87. The van der Waals surface area contributed by atoms with Gasteiger partial charge in [-0.3, -0.25) is 4.31 Å². The monoisotopic (exact) mass is 249 g/mol. The van der Waals surface area contributed by atoms with Crippen molar-refractivity contribution in [3.05, 3.63) is 17.5 Å². The molecule has 1 heterocycles. The van der Waals surface area contributed by atoms with Crippen LogP contribution in [0.4, 0.5) is 5.82 Å². The molecule has 0 atom stereocenters. The van der Waals surface area contributed by atoms with Crippen molar-refractivity contribution in [1.82, 2.24) is 9.97 Å². The highest BCUT2D eigenvalue weighted by Crippen LogP contribution is 2.16. The first kappa shape index (κ1) is 12.2. The van der Waals surface area contributed by atoms with E-state index in [1.165, 1.54) is 19.4 Å². The predicted octanol–water partition coefficient (Wildman–Crippen LogP) is 1.31. The van der Waals surface area contributed by atoms with Gasteiger partial charge in [0.1, 0.15) is 17.3 Å². The molecule has 1 aromatic heterocycles. The van der Waals surface area contributed by atoms with Gasteiger partial charge in [0.25, 0.3) is 0 Å². The zero-order valence-corrected chi connectivity index (χ0v) is 10.1. The molecule has 0 aromatic carbocycles. The van der Waals surface area contributed by atoms with Crippen molar-refractivity contribution < 1.29 is 8.42 Å². The number of hydrogen-bond acceptors (Lipinski definition) is 4. The van der Waals surface area contributed by atoms with E-state index in [0.717, 1.165) is 4.31 Å². The second-order valence-corrected chi connectivity index (χ2v) is 5.49. The van der Waals surface area contributed by atoms with Crippen LogP contribution >= 0.6 is 11.6 Å². The number of anilines is 1. The Morgan fingerprint density at radius 3 is 2.67 bits per heavy atom. The Hall–Kier alpha value is -0.880.